The lowest BCUT2D eigenvalue weighted by molar-refractivity contribution is 0.102. The molecule has 0 radical (unpaired) electrons. The molecule has 2 aromatic rings. The van der Waals surface area contributed by atoms with Crippen molar-refractivity contribution in [3.63, 3.8) is 0 Å². The van der Waals surface area contributed by atoms with Crippen molar-refractivity contribution in [2.75, 3.05) is 11.9 Å². The van der Waals surface area contributed by atoms with Gasteiger partial charge in [0.1, 0.15) is 5.01 Å². The molecular formula is C15H15N3O2S. The Hall–Kier alpha value is -2.23. The zero-order valence-electron chi connectivity index (χ0n) is 11.8. The van der Waals surface area contributed by atoms with Crippen LogP contribution in [0.2, 0.25) is 0 Å². The van der Waals surface area contributed by atoms with Crippen molar-refractivity contribution in [2.24, 2.45) is 0 Å². The van der Waals surface area contributed by atoms with Gasteiger partial charge in [0, 0.05) is 17.5 Å². The first-order valence-electron chi connectivity index (χ1n) is 6.42. The van der Waals surface area contributed by atoms with E-state index in [2.05, 4.69) is 27.4 Å². The Kier molecular flexibility index (Phi) is 5.04. The molecule has 0 aliphatic heterocycles. The summed E-state index contributed by atoms with van der Waals surface area (Å²) >= 11 is 1.33. The summed E-state index contributed by atoms with van der Waals surface area (Å²) in [5.41, 5.74) is 2.29. The summed E-state index contributed by atoms with van der Waals surface area (Å²) in [6, 6.07) is 5.34. The van der Waals surface area contributed by atoms with Crippen molar-refractivity contribution in [1.82, 2.24) is 10.2 Å². The summed E-state index contributed by atoms with van der Waals surface area (Å²) in [5, 5.41) is 20.4. The molecule has 5 nitrogen and oxygen atoms in total. The van der Waals surface area contributed by atoms with Gasteiger partial charge in [0.25, 0.3) is 5.91 Å². The normalized spacial score (nSPS) is 9.86. The predicted octanol–water partition coefficient (Wildman–Crippen LogP) is 2.14. The lowest BCUT2D eigenvalue weighted by Gasteiger charge is -2.04. The van der Waals surface area contributed by atoms with Gasteiger partial charge in [0.15, 0.2) is 0 Å². The number of hydrogen-bond acceptors (Lipinski definition) is 5. The smallest absolute Gasteiger partial charge is 0.257 e. The van der Waals surface area contributed by atoms with Crippen LogP contribution < -0.4 is 5.32 Å². The number of carbonyl (C=O) groups is 1. The highest BCUT2D eigenvalue weighted by Crippen LogP contribution is 2.16. The maximum Gasteiger partial charge on any atom is 0.257 e. The van der Waals surface area contributed by atoms with Crippen LogP contribution in [0.1, 0.15) is 32.9 Å². The molecule has 2 rings (SSSR count). The lowest BCUT2D eigenvalue weighted by atomic mass is 10.0. The Balaban J connectivity index is 2.18. The minimum atomic E-state index is -0.239. The van der Waals surface area contributed by atoms with Gasteiger partial charge < -0.3 is 5.11 Å². The summed E-state index contributed by atoms with van der Waals surface area (Å²) < 4.78 is 0. The fraction of sp³-hybridized carbons (Fsp3) is 0.267. The van der Waals surface area contributed by atoms with Gasteiger partial charge in [0.2, 0.25) is 5.13 Å². The van der Waals surface area contributed by atoms with Gasteiger partial charge in [-0.3, -0.25) is 10.1 Å². The van der Waals surface area contributed by atoms with Crippen LogP contribution >= 0.6 is 11.3 Å². The summed E-state index contributed by atoms with van der Waals surface area (Å²) in [6.07, 6.45) is 0.417. The van der Waals surface area contributed by atoms with E-state index >= 15 is 0 Å². The number of hydrogen-bond donors (Lipinski definition) is 2. The third kappa shape index (κ3) is 4.12. The standard InChI is InChI=1S/C15H15N3O2S/c1-10-6-7-13(9-12(10)5-3-4-8-19)14(20)16-15-18-17-11(2)21-15/h6-7,9,19H,4,8H2,1-2H3,(H,16,18,20). The molecule has 1 aromatic heterocycles. The Labute approximate surface area is 127 Å². The van der Waals surface area contributed by atoms with E-state index in [9.17, 15) is 4.79 Å². The molecular weight excluding hydrogens is 286 g/mol. The molecule has 0 saturated carbocycles. The second kappa shape index (κ2) is 6.97. The number of rotatable bonds is 3. The van der Waals surface area contributed by atoms with Crippen molar-refractivity contribution in [2.45, 2.75) is 20.3 Å². The monoisotopic (exact) mass is 301 g/mol. The van der Waals surface area contributed by atoms with Gasteiger partial charge in [-0.1, -0.05) is 29.2 Å². The number of aromatic nitrogens is 2. The van der Waals surface area contributed by atoms with Crippen LogP contribution in [-0.2, 0) is 0 Å². The SMILES string of the molecule is Cc1nnc(NC(=O)c2ccc(C)c(C#CCCO)c2)s1. The van der Waals surface area contributed by atoms with Crippen LogP contribution in [0.15, 0.2) is 18.2 Å². The van der Waals surface area contributed by atoms with Crippen LogP contribution in [0, 0.1) is 25.7 Å². The van der Waals surface area contributed by atoms with Gasteiger partial charge in [-0.05, 0) is 31.5 Å². The van der Waals surface area contributed by atoms with E-state index in [-0.39, 0.29) is 12.5 Å². The van der Waals surface area contributed by atoms with E-state index in [1.165, 1.54) is 11.3 Å². The number of aliphatic hydroxyl groups is 1. The summed E-state index contributed by atoms with van der Waals surface area (Å²) in [5.74, 6) is 5.58. The number of carbonyl (C=O) groups excluding carboxylic acids is 1. The highest BCUT2D eigenvalue weighted by molar-refractivity contribution is 7.15. The molecule has 0 aliphatic carbocycles. The predicted molar refractivity (Wildman–Crippen MR) is 82.4 cm³/mol. The van der Waals surface area contributed by atoms with Crippen LogP contribution in [0.4, 0.5) is 5.13 Å². The minimum Gasteiger partial charge on any atom is -0.395 e. The molecule has 1 amide bonds. The Morgan fingerprint density at radius 1 is 1.38 bits per heavy atom. The highest BCUT2D eigenvalue weighted by atomic mass is 32.1. The quantitative estimate of drug-likeness (QED) is 0.852. The largest absolute Gasteiger partial charge is 0.395 e. The van der Waals surface area contributed by atoms with E-state index in [4.69, 9.17) is 5.11 Å². The van der Waals surface area contributed by atoms with Crippen molar-refractivity contribution in [3.8, 4) is 11.8 Å². The molecule has 1 aromatic carbocycles. The first-order chi connectivity index (χ1) is 10.1. The maximum atomic E-state index is 12.2. The van der Waals surface area contributed by atoms with E-state index in [1.54, 1.807) is 12.1 Å². The van der Waals surface area contributed by atoms with Crippen molar-refractivity contribution in [1.29, 1.82) is 0 Å². The zero-order chi connectivity index (χ0) is 15.2. The Morgan fingerprint density at radius 2 is 2.19 bits per heavy atom. The summed E-state index contributed by atoms with van der Waals surface area (Å²) in [4.78, 5) is 12.2. The lowest BCUT2D eigenvalue weighted by Crippen LogP contribution is -2.12. The fourth-order valence-corrected chi connectivity index (χ4v) is 2.21. The number of aryl methyl sites for hydroxylation is 2. The molecule has 0 unspecified atom stereocenters. The van der Waals surface area contributed by atoms with Gasteiger partial charge >= 0.3 is 0 Å². The molecule has 0 saturated heterocycles. The van der Waals surface area contributed by atoms with Gasteiger partial charge in [-0.25, -0.2) is 0 Å². The highest BCUT2D eigenvalue weighted by Gasteiger charge is 2.10. The molecule has 0 fully saturated rings. The first kappa shape index (κ1) is 15.2. The second-order valence-electron chi connectivity index (χ2n) is 4.39. The Bertz CT molecular complexity index is 713. The van der Waals surface area contributed by atoms with Gasteiger partial charge in [-0.15, -0.1) is 10.2 Å². The van der Waals surface area contributed by atoms with Gasteiger partial charge in [0.05, 0.1) is 6.61 Å². The molecule has 0 spiro atoms. The molecule has 1 heterocycles. The number of nitrogens with zero attached hydrogens (tertiary/aromatic N) is 2. The average Bonchev–Trinajstić information content (AvgIpc) is 2.86. The van der Waals surface area contributed by atoms with Crippen molar-refractivity contribution < 1.29 is 9.90 Å². The first-order valence-corrected chi connectivity index (χ1v) is 7.23. The number of anilines is 1. The van der Waals surface area contributed by atoms with E-state index in [0.29, 0.717) is 17.1 Å². The zero-order valence-corrected chi connectivity index (χ0v) is 12.6. The third-order valence-corrected chi connectivity index (χ3v) is 3.46. The van der Waals surface area contributed by atoms with Crippen LogP contribution in [0.25, 0.3) is 0 Å². The number of nitrogens with one attached hydrogen (secondary N) is 1. The fourth-order valence-electron chi connectivity index (χ4n) is 1.63. The topological polar surface area (TPSA) is 75.1 Å². The number of benzene rings is 1. The van der Waals surface area contributed by atoms with Crippen LogP contribution in [0.5, 0.6) is 0 Å². The maximum absolute atomic E-state index is 12.2. The van der Waals surface area contributed by atoms with E-state index < -0.39 is 0 Å². The average molecular weight is 301 g/mol. The molecule has 0 aliphatic rings. The Morgan fingerprint density at radius 3 is 2.86 bits per heavy atom. The molecule has 21 heavy (non-hydrogen) atoms. The number of aliphatic hydroxyl groups excluding tert-OH is 1. The summed E-state index contributed by atoms with van der Waals surface area (Å²) in [6.45, 7) is 3.79. The van der Waals surface area contributed by atoms with E-state index in [0.717, 1.165) is 16.1 Å². The minimum absolute atomic E-state index is 0.0304. The molecule has 6 heteroatoms. The molecule has 0 bridgehead atoms. The van der Waals surface area contributed by atoms with Crippen molar-refractivity contribution >= 4 is 22.4 Å². The van der Waals surface area contributed by atoms with Gasteiger partial charge in [-0.2, -0.15) is 0 Å². The number of amides is 1. The van der Waals surface area contributed by atoms with Crippen LogP contribution in [0.3, 0.4) is 0 Å². The third-order valence-electron chi connectivity index (χ3n) is 2.71. The second-order valence-corrected chi connectivity index (χ2v) is 5.57. The molecule has 0 atom stereocenters. The van der Waals surface area contributed by atoms with Crippen LogP contribution in [-0.4, -0.2) is 27.8 Å². The summed E-state index contributed by atoms with van der Waals surface area (Å²) in [7, 11) is 0. The molecule has 2 N–H and O–H groups in total. The van der Waals surface area contributed by atoms with Crippen molar-refractivity contribution in [3.05, 3.63) is 39.9 Å². The molecule has 108 valence electrons. The van der Waals surface area contributed by atoms with E-state index in [1.807, 2.05) is 19.9 Å².